The van der Waals surface area contributed by atoms with Crippen molar-refractivity contribution in [3.05, 3.63) is 98.5 Å². The van der Waals surface area contributed by atoms with Crippen LogP contribution in [0.1, 0.15) is 41.7 Å². The highest BCUT2D eigenvalue weighted by molar-refractivity contribution is 6.35. The molecule has 0 unspecified atom stereocenters. The molecule has 3 aromatic rings. The molecule has 3 aromatic carbocycles. The van der Waals surface area contributed by atoms with Gasteiger partial charge in [-0.2, -0.15) is 0 Å². The summed E-state index contributed by atoms with van der Waals surface area (Å²) < 4.78 is 6.03. The molecule has 202 valence electrons. The van der Waals surface area contributed by atoms with Crippen LogP contribution >= 0.6 is 23.2 Å². The van der Waals surface area contributed by atoms with E-state index >= 15 is 0 Å². The maximum Gasteiger partial charge on any atom is 0.261 e. The van der Waals surface area contributed by atoms with Crippen LogP contribution in [0.25, 0.3) is 0 Å². The number of carbonyl (C=O) groups excluding carboxylic acids is 2. The Kier molecular flexibility index (Phi) is 10.6. The van der Waals surface area contributed by atoms with Crippen molar-refractivity contribution in [2.24, 2.45) is 5.92 Å². The number of nitrogens with zero attached hydrogens (tertiary/aromatic N) is 1. The summed E-state index contributed by atoms with van der Waals surface area (Å²) in [5, 5.41) is 3.95. The van der Waals surface area contributed by atoms with Gasteiger partial charge in [-0.05, 0) is 72.7 Å². The van der Waals surface area contributed by atoms with Crippen molar-refractivity contribution in [3.8, 4) is 5.75 Å². The van der Waals surface area contributed by atoms with Crippen LogP contribution in [0.15, 0.2) is 60.7 Å². The summed E-state index contributed by atoms with van der Waals surface area (Å²) in [5.41, 5.74) is 4.76. The summed E-state index contributed by atoms with van der Waals surface area (Å²) in [4.78, 5) is 28.9. The van der Waals surface area contributed by atoms with E-state index in [9.17, 15) is 9.59 Å². The van der Waals surface area contributed by atoms with Crippen LogP contribution in [-0.2, 0) is 22.6 Å². The fraction of sp³-hybridized carbons (Fsp3) is 0.355. The molecule has 0 fully saturated rings. The molecule has 3 rings (SSSR count). The molecule has 38 heavy (non-hydrogen) atoms. The van der Waals surface area contributed by atoms with Gasteiger partial charge in [-0.3, -0.25) is 9.59 Å². The van der Waals surface area contributed by atoms with Crippen LogP contribution < -0.4 is 10.1 Å². The first kappa shape index (κ1) is 29.5. The summed E-state index contributed by atoms with van der Waals surface area (Å²) in [6.07, 6.45) is 0.351. The van der Waals surface area contributed by atoms with Gasteiger partial charge in [0.05, 0.1) is 0 Å². The first-order valence-corrected chi connectivity index (χ1v) is 13.6. The lowest BCUT2D eigenvalue weighted by atomic mass is 10.0. The van der Waals surface area contributed by atoms with E-state index in [4.69, 9.17) is 27.9 Å². The van der Waals surface area contributed by atoms with Crippen LogP contribution in [0.2, 0.25) is 10.0 Å². The molecule has 0 bridgehead atoms. The number of benzene rings is 3. The Labute approximate surface area is 236 Å². The third-order valence-corrected chi connectivity index (χ3v) is 7.01. The number of halogens is 2. The average Bonchev–Trinajstić information content (AvgIpc) is 2.87. The average molecular weight is 556 g/mol. The Balaban J connectivity index is 1.96. The predicted octanol–water partition coefficient (Wildman–Crippen LogP) is 6.71. The summed E-state index contributed by atoms with van der Waals surface area (Å²) in [5.74, 6) is 0.394. The molecule has 0 heterocycles. The Morgan fingerprint density at radius 1 is 0.974 bits per heavy atom. The number of rotatable bonds is 11. The van der Waals surface area contributed by atoms with Crippen molar-refractivity contribution >= 4 is 35.0 Å². The number of nitrogens with one attached hydrogen (secondary N) is 1. The van der Waals surface area contributed by atoms with E-state index in [2.05, 4.69) is 11.4 Å². The molecular weight excluding hydrogens is 519 g/mol. The molecule has 0 aliphatic carbocycles. The first-order chi connectivity index (χ1) is 18.0. The van der Waals surface area contributed by atoms with Crippen molar-refractivity contribution in [1.82, 2.24) is 10.2 Å². The van der Waals surface area contributed by atoms with Crippen molar-refractivity contribution in [3.63, 3.8) is 0 Å². The van der Waals surface area contributed by atoms with E-state index in [1.807, 2.05) is 71.0 Å². The Bertz CT molecular complexity index is 1260. The van der Waals surface area contributed by atoms with E-state index in [1.54, 1.807) is 23.1 Å². The second-order valence-corrected chi connectivity index (χ2v) is 10.9. The Morgan fingerprint density at radius 3 is 2.34 bits per heavy atom. The summed E-state index contributed by atoms with van der Waals surface area (Å²) in [6.45, 7) is 10.5. The quantitative estimate of drug-likeness (QED) is 0.286. The van der Waals surface area contributed by atoms with Crippen molar-refractivity contribution in [2.75, 3.05) is 13.2 Å². The SMILES string of the molecule is Cc1cc(C)c(C)c(OCC(=O)N(Cc2ccc(Cl)cc2Cl)[C@H](Cc2ccccc2)C(=O)NCC(C)C)c1. The summed E-state index contributed by atoms with van der Waals surface area (Å²) >= 11 is 12.6. The minimum Gasteiger partial charge on any atom is -0.483 e. The van der Waals surface area contributed by atoms with Gasteiger partial charge in [0.1, 0.15) is 11.8 Å². The Morgan fingerprint density at radius 2 is 1.68 bits per heavy atom. The van der Waals surface area contributed by atoms with E-state index in [0.717, 1.165) is 22.3 Å². The Hall–Kier alpha value is -3.02. The second kappa shape index (κ2) is 13.7. The minimum absolute atomic E-state index is 0.136. The zero-order valence-corrected chi connectivity index (χ0v) is 24.2. The van der Waals surface area contributed by atoms with Crippen molar-refractivity contribution < 1.29 is 14.3 Å². The second-order valence-electron chi connectivity index (χ2n) is 10.1. The van der Waals surface area contributed by atoms with Crippen LogP contribution in [0.3, 0.4) is 0 Å². The zero-order chi connectivity index (χ0) is 27.8. The summed E-state index contributed by atoms with van der Waals surface area (Å²) in [7, 11) is 0. The first-order valence-electron chi connectivity index (χ1n) is 12.8. The number of ether oxygens (including phenoxy) is 1. The van der Waals surface area contributed by atoms with Gasteiger partial charge in [0.15, 0.2) is 6.61 Å². The number of hydrogen-bond acceptors (Lipinski definition) is 3. The van der Waals surface area contributed by atoms with Gasteiger partial charge in [-0.25, -0.2) is 0 Å². The molecule has 2 amide bonds. The van der Waals surface area contributed by atoms with E-state index in [-0.39, 0.29) is 30.9 Å². The largest absolute Gasteiger partial charge is 0.483 e. The third kappa shape index (κ3) is 8.24. The van der Waals surface area contributed by atoms with Crippen LogP contribution in [0.5, 0.6) is 5.75 Å². The number of aryl methyl sites for hydroxylation is 2. The molecule has 0 radical (unpaired) electrons. The van der Waals surface area contributed by atoms with Gasteiger partial charge in [0.2, 0.25) is 5.91 Å². The van der Waals surface area contributed by atoms with Crippen molar-refractivity contribution in [1.29, 1.82) is 0 Å². The maximum absolute atomic E-state index is 13.8. The molecule has 7 heteroatoms. The smallest absolute Gasteiger partial charge is 0.261 e. The third-order valence-electron chi connectivity index (χ3n) is 6.43. The maximum atomic E-state index is 13.8. The van der Waals surface area contributed by atoms with E-state index in [1.165, 1.54) is 0 Å². The molecule has 0 spiro atoms. The highest BCUT2D eigenvalue weighted by Crippen LogP contribution is 2.26. The molecule has 5 nitrogen and oxygen atoms in total. The fourth-order valence-corrected chi connectivity index (χ4v) is 4.65. The molecule has 1 N–H and O–H groups in total. The molecule has 0 aliphatic rings. The zero-order valence-electron chi connectivity index (χ0n) is 22.7. The lowest BCUT2D eigenvalue weighted by molar-refractivity contribution is -0.142. The lowest BCUT2D eigenvalue weighted by Crippen LogP contribution is -2.52. The number of carbonyl (C=O) groups is 2. The molecule has 0 saturated heterocycles. The number of hydrogen-bond donors (Lipinski definition) is 1. The van der Waals surface area contributed by atoms with Crippen LogP contribution in [0.4, 0.5) is 0 Å². The van der Waals surface area contributed by atoms with Gasteiger partial charge >= 0.3 is 0 Å². The van der Waals surface area contributed by atoms with Crippen LogP contribution in [0, 0.1) is 26.7 Å². The van der Waals surface area contributed by atoms with Gasteiger partial charge in [-0.1, -0.05) is 79.5 Å². The molecule has 1 atom stereocenters. The monoisotopic (exact) mass is 554 g/mol. The molecular formula is C31H36Cl2N2O3. The number of amides is 2. The topological polar surface area (TPSA) is 58.6 Å². The highest BCUT2D eigenvalue weighted by Gasteiger charge is 2.31. The van der Waals surface area contributed by atoms with Crippen molar-refractivity contribution in [2.45, 2.75) is 53.6 Å². The predicted molar refractivity (Wildman–Crippen MR) is 155 cm³/mol. The van der Waals surface area contributed by atoms with Crippen LogP contribution in [-0.4, -0.2) is 35.9 Å². The molecule has 0 aliphatic heterocycles. The standard InChI is InChI=1S/C31H36Cl2N2O3/c1-20(2)17-34-31(37)28(15-24-9-7-6-8-10-24)35(18-25-11-12-26(32)16-27(25)33)30(36)19-38-29-14-21(3)13-22(4)23(29)5/h6-14,16,20,28H,15,17-19H2,1-5H3,(H,34,37)/t28-/m1/s1. The van der Waals surface area contributed by atoms with E-state index < -0.39 is 6.04 Å². The van der Waals surface area contributed by atoms with Gasteiger partial charge in [0.25, 0.3) is 5.91 Å². The molecule has 0 saturated carbocycles. The van der Waals surface area contributed by atoms with E-state index in [0.29, 0.717) is 34.3 Å². The van der Waals surface area contributed by atoms with Gasteiger partial charge in [0, 0.05) is 29.6 Å². The fourth-order valence-electron chi connectivity index (χ4n) is 4.18. The molecule has 0 aromatic heterocycles. The minimum atomic E-state index is -0.765. The highest BCUT2D eigenvalue weighted by atomic mass is 35.5. The lowest BCUT2D eigenvalue weighted by Gasteiger charge is -2.32. The van der Waals surface area contributed by atoms with Gasteiger partial charge < -0.3 is 15.0 Å². The normalized spacial score (nSPS) is 11.8. The van der Waals surface area contributed by atoms with Gasteiger partial charge in [-0.15, -0.1) is 0 Å². The summed E-state index contributed by atoms with van der Waals surface area (Å²) in [6, 6.07) is 18.1.